The first kappa shape index (κ1) is 18.1. The maximum atomic E-state index is 12.2. The summed E-state index contributed by atoms with van der Waals surface area (Å²) in [5.74, 6) is -1.29. The lowest BCUT2D eigenvalue weighted by molar-refractivity contribution is 0.0901. The van der Waals surface area contributed by atoms with Crippen molar-refractivity contribution in [1.29, 1.82) is 0 Å². The van der Waals surface area contributed by atoms with Crippen LogP contribution < -0.4 is 5.32 Å². The minimum Gasteiger partial charge on any atom is -0.382 e. The van der Waals surface area contributed by atoms with Crippen LogP contribution in [-0.2, 0) is 20.3 Å². The fourth-order valence-electron chi connectivity index (χ4n) is 1.88. The number of nitrogens with one attached hydrogen (secondary N) is 1. The van der Waals surface area contributed by atoms with E-state index in [0.717, 1.165) is 0 Å². The Labute approximate surface area is 140 Å². The first-order chi connectivity index (χ1) is 11.5. The van der Waals surface area contributed by atoms with E-state index in [9.17, 15) is 13.2 Å². The fraction of sp³-hybridized carbons (Fsp3) is 0.400. The average Bonchev–Trinajstić information content (AvgIpc) is 3.03. The molecule has 0 atom stereocenters. The van der Waals surface area contributed by atoms with E-state index in [-0.39, 0.29) is 16.6 Å². The monoisotopic (exact) mass is 353 g/mol. The Balaban J connectivity index is 1.92. The van der Waals surface area contributed by atoms with Gasteiger partial charge in [0.05, 0.1) is 4.90 Å². The number of hydrogen-bond acceptors (Lipinski definition) is 7. The first-order valence-electron chi connectivity index (χ1n) is 7.49. The van der Waals surface area contributed by atoms with Gasteiger partial charge >= 0.3 is 11.8 Å². The average molecular weight is 353 g/mol. The molecule has 1 N–H and O–H groups in total. The zero-order valence-electron chi connectivity index (χ0n) is 13.3. The fourth-order valence-corrected chi connectivity index (χ4v) is 3.08. The summed E-state index contributed by atoms with van der Waals surface area (Å²) in [6.07, 6.45) is 0.656. The summed E-state index contributed by atoms with van der Waals surface area (Å²) in [4.78, 5) is 15.8. The lowest BCUT2D eigenvalue weighted by atomic mass is 10.4. The van der Waals surface area contributed by atoms with Gasteiger partial charge in [-0.2, -0.15) is 4.98 Å². The van der Waals surface area contributed by atoms with Gasteiger partial charge < -0.3 is 14.6 Å². The minimum atomic E-state index is -3.59. The molecular formula is C15H19N3O5S. The molecule has 0 saturated heterocycles. The molecule has 1 aromatic carbocycles. The van der Waals surface area contributed by atoms with Gasteiger partial charge in [-0.1, -0.05) is 23.4 Å². The van der Waals surface area contributed by atoms with Gasteiger partial charge in [-0.3, -0.25) is 4.79 Å². The molecule has 130 valence electrons. The molecule has 0 fully saturated rings. The molecule has 2 aromatic rings. The number of carbonyl (C=O) groups is 1. The Morgan fingerprint density at radius 3 is 2.75 bits per heavy atom. The number of sulfone groups is 1. The summed E-state index contributed by atoms with van der Waals surface area (Å²) >= 11 is 0. The van der Waals surface area contributed by atoms with Crippen molar-refractivity contribution in [2.45, 2.75) is 24.0 Å². The van der Waals surface area contributed by atoms with Gasteiger partial charge in [-0.05, 0) is 25.5 Å². The van der Waals surface area contributed by atoms with E-state index >= 15 is 0 Å². The molecule has 24 heavy (non-hydrogen) atoms. The summed E-state index contributed by atoms with van der Waals surface area (Å²) in [6.45, 7) is 3.46. The third-order valence-corrected chi connectivity index (χ3v) is 4.67. The molecule has 0 aliphatic heterocycles. The van der Waals surface area contributed by atoms with Crippen molar-refractivity contribution in [3.05, 3.63) is 42.0 Å². The number of ether oxygens (including phenoxy) is 1. The van der Waals surface area contributed by atoms with Crippen molar-refractivity contribution in [1.82, 2.24) is 15.5 Å². The van der Waals surface area contributed by atoms with Crippen molar-refractivity contribution in [2.24, 2.45) is 0 Å². The van der Waals surface area contributed by atoms with Crippen LogP contribution in [0.1, 0.15) is 29.9 Å². The Bertz CT molecular complexity index is 758. The maximum absolute atomic E-state index is 12.2. The number of carbonyl (C=O) groups excluding carboxylic acids is 1. The van der Waals surface area contributed by atoms with E-state index in [2.05, 4.69) is 15.5 Å². The number of amides is 1. The summed E-state index contributed by atoms with van der Waals surface area (Å²) in [6, 6.07) is 7.96. The van der Waals surface area contributed by atoms with Crippen molar-refractivity contribution >= 4 is 15.7 Å². The molecule has 9 heteroatoms. The normalized spacial score (nSPS) is 11.4. The summed E-state index contributed by atoms with van der Waals surface area (Å²) in [7, 11) is -3.59. The predicted molar refractivity (Wildman–Crippen MR) is 85.1 cm³/mol. The van der Waals surface area contributed by atoms with Crippen molar-refractivity contribution in [2.75, 3.05) is 19.8 Å². The van der Waals surface area contributed by atoms with Gasteiger partial charge in [0, 0.05) is 19.8 Å². The summed E-state index contributed by atoms with van der Waals surface area (Å²) < 4.78 is 34.4. The smallest absolute Gasteiger partial charge is 0.315 e. The minimum absolute atomic E-state index is 0.0571. The first-order valence-corrected chi connectivity index (χ1v) is 9.14. The van der Waals surface area contributed by atoms with E-state index < -0.39 is 21.5 Å². The maximum Gasteiger partial charge on any atom is 0.315 e. The highest BCUT2D eigenvalue weighted by molar-refractivity contribution is 7.90. The third-order valence-electron chi connectivity index (χ3n) is 3.04. The molecule has 1 amide bonds. The van der Waals surface area contributed by atoms with Gasteiger partial charge in [0.1, 0.15) is 5.75 Å². The van der Waals surface area contributed by atoms with E-state index in [1.54, 1.807) is 18.2 Å². The Kier molecular flexibility index (Phi) is 6.44. The largest absolute Gasteiger partial charge is 0.382 e. The topological polar surface area (TPSA) is 111 Å². The quantitative estimate of drug-likeness (QED) is 0.674. The lowest BCUT2D eigenvalue weighted by Gasteiger charge is -2.02. The van der Waals surface area contributed by atoms with Crippen LogP contribution in [0.15, 0.2) is 39.8 Å². The van der Waals surface area contributed by atoms with Gasteiger partial charge in [0.15, 0.2) is 15.7 Å². The zero-order valence-corrected chi connectivity index (χ0v) is 14.1. The Morgan fingerprint density at radius 1 is 1.29 bits per heavy atom. The molecular weight excluding hydrogens is 334 g/mol. The molecule has 0 aliphatic rings. The van der Waals surface area contributed by atoms with E-state index in [4.69, 9.17) is 9.26 Å². The molecule has 1 aromatic heterocycles. The lowest BCUT2D eigenvalue weighted by Crippen LogP contribution is -2.25. The molecule has 0 saturated carbocycles. The summed E-state index contributed by atoms with van der Waals surface area (Å²) in [5, 5.41) is 6.16. The van der Waals surface area contributed by atoms with E-state index in [0.29, 0.717) is 26.2 Å². The molecule has 1 heterocycles. The molecule has 0 unspecified atom stereocenters. The standard InChI is InChI=1S/C15H19N3O5S/c1-2-22-10-6-9-16-14(19)15-17-13(18-23-15)11-24(20,21)12-7-4-3-5-8-12/h3-5,7-8H,2,6,9-11H2,1H3,(H,16,19). The van der Waals surface area contributed by atoms with Crippen LogP contribution in [0.3, 0.4) is 0 Å². The number of aromatic nitrogens is 2. The van der Waals surface area contributed by atoms with Crippen LogP contribution in [-0.4, -0.2) is 44.2 Å². The number of nitrogens with zero attached hydrogens (tertiary/aromatic N) is 2. The highest BCUT2D eigenvalue weighted by Crippen LogP contribution is 2.14. The summed E-state index contributed by atoms with van der Waals surface area (Å²) in [5.41, 5.74) is 0. The van der Waals surface area contributed by atoms with Gasteiger partial charge in [-0.25, -0.2) is 8.42 Å². The van der Waals surface area contributed by atoms with E-state index in [1.165, 1.54) is 12.1 Å². The van der Waals surface area contributed by atoms with Crippen LogP contribution in [0.5, 0.6) is 0 Å². The predicted octanol–water partition coefficient (Wildman–Crippen LogP) is 1.20. The number of benzene rings is 1. The second kappa shape index (κ2) is 8.55. The SMILES string of the molecule is CCOCCCNC(=O)c1nc(CS(=O)(=O)c2ccccc2)no1. The molecule has 0 bridgehead atoms. The number of rotatable bonds is 9. The Hall–Kier alpha value is -2.26. The third kappa shape index (κ3) is 5.14. The highest BCUT2D eigenvalue weighted by atomic mass is 32.2. The molecule has 0 aliphatic carbocycles. The second-order valence-electron chi connectivity index (χ2n) is 4.89. The van der Waals surface area contributed by atoms with Crippen molar-refractivity contribution < 1.29 is 22.5 Å². The molecule has 2 rings (SSSR count). The van der Waals surface area contributed by atoms with Gasteiger partial charge in [0.25, 0.3) is 0 Å². The van der Waals surface area contributed by atoms with Crippen molar-refractivity contribution in [3.63, 3.8) is 0 Å². The molecule has 8 nitrogen and oxygen atoms in total. The van der Waals surface area contributed by atoms with E-state index in [1.807, 2.05) is 6.92 Å². The zero-order chi connectivity index (χ0) is 17.4. The molecule has 0 spiro atoms. The van der Waals surface area contributed by atoms with Crippen LogP contribution in [0.25, 0.3) is 0 Å². The van der Waals surface area contributed by atoms with Crippen LogP contribution in [0.2, 0.25) is 0 Å². The van der Waals surface area contributed by atoms with Gasteiger partial charge in [0.2, 0.25) is 0 Å². The molecule has 0 radical (unpaired) electrons. The van der Waals surface area contributed by atoms with Crippen LogP contribution in [0.4, 0.5) is 0 Å². The Morgan fingerprint density at radius 2 is 2.04 bits per heavy atom. The van der Waals surface area contributed by atoms with Crippen LogP contribution >= 0.6 is 0 Å². The van der Waals surface area contributed by atoms with Crippen LogP contribution in [0, 0.1) is 0 Å². The van der Waals surface area contributed by atoms with Crippen molar-refractivity contribution in [3.8, 4) is 0 Å². The van der Waals surface area contributed by atoms with Gasteiger partial charge in [-0.15, -0.1) is 0 Å². The number of hydrogen-bond donors (Lipinski definition) is 1. The highest BCUT2D eigenvalue weighted by Gasteiger charge is 2.21. The second-order valence-corrected chi connectivity index (χ2v) is 6.88.